The highest BCUT2D eigenvalue weighted by Crippen LogP contribution is 2.35. The van der Waals surface area contributed by atoms with Gasteiger partial charge in [0, 0.05) is 15.6 Å². The van der Waals surface area contributed by atoms with E-state index >= 15 is 0 Å². The molecule has 4 rings (SSSR count). The lowest BCUT2D eigenvalue weighted by Crippen LogP contribution is -2.17. The van der Waals surface area contributed by atoms with Crippen molar-refractivity contribution in [2.45, 2.75) is 0 Å². The first-order chi connectivity index (χ1) is 16.0. The van der Waals surface area contributed by atoms with Gasteiger partial charge in [-0.1, -0.05) is 64.9 Å². The molecule has 7 nitrogen and oxygen atoms in total. The number of anilines is 1. The van der Waals surface area contributed by atoms with E-state index in [0.717, 1.165) is 11.3 Å². The van der Waals surface area contributed by atoms with Crippen molar-refractivity contribution < 1.29 is 9.90 Å². The number of nitrogens with zero attached hydrogens (tertiary/aromatic N) is 4. The van der Waals surface area contributed by atoms with E-state index in [4.69, 9.17) is 23.2 Å². The number of azo groups is 1. The van der Waals surface area contributed by atoms with Crippen LogP contribution in [0, 0.1) is 0 Å². The van der Waals surface area contributed by atoms with Gasteiger partial charge in [0.15, 0.2) is 10.7 Å². The number of hydrazone groups is 1. The van der Waals surface area contributed by atoms with Crippen LogP contribution < -0.4 is 5.43 Å². The van der Waals surface area contributed by atoms with Gasteiger partial charge in [-0.05, 0) is 48.5 Å². The molecule has 0 saturated carbocycles. The molecule has 0 aliphatic rings. The number of rotatable bonds is 7. The van der Waals surface area contributed by atoms with Crippen LogP contribution in [0.25, 0.3) is 0 Å². The molecule has 3 aromatic carbocycles. The predicted molar refractivity (Wildman–Crippen MR) is 132 cm³/mol. The van der Waals surface area contributed by atoms with Crippen molar-refractivity contribution in [1.82, 2.24) is 4.98 Å². The highest BCUT2D eigenvalue weighted by atomic mass is 35.5. The number of carbonyl (C=O) groups is 1. The molecular weight excluding hydrogens is 481 g/mol. The molecular formula is C23H15Cl2N5O2S. The number of benzene rings is 3. The molecule has 0 aliphatic heterocycles. The van der Waals surface area contributed by atoms with Gasteiger partial charge < -0.3 is 5.11 Å². The summed E-state index contributed by atoms with van der Waals surface area (Å²) >= 11 is 12.8. The van der Waals surface area contributed by atoms with Gasteiger partial charge in [-0.2, -0.15) is 10.1 Å². The van der Waals surface area contributed by atoms with Crippen LogP contribution >= 0.6 is 34.5 Å². The highest BCUT2D eigenvalue weighted by molar-refractivity contribution is 7.18. The van der Waals surface area contributed by atoms with E-state index in [0.29, 0.717) is 27.0 Å². The minimum atomic E-state index is -0.369. The fourth-order valence-electron chi connectivity index (χ4n) is 2.65. The second-order valence-corrected chi connectivity index (χ2v) is 8.45. The van der Waals surface area contributed by atoms with E-state index in [1.807, 2.05) is 6.07 Å². The zero-order valence-corrected chi connectivity index (χ0v) is 19.1. The average molecular weight is 496 g/mol. The van der Waals surface area contributed by atoms with Crippen LogP contribution in [0.4, 0.5) is 16.4 Å². The smallest absolute Gasteiger partial charge is 0.251 e. The van der Waals surface area contributed by atoms with Crippen LogP contribution in [0.3, 0.4) is 0 Å². The third kappa shape index (κ3) is 5.81. The molecule has 0 saturated heterocycles. The topological polar surface area (TPSA) is 99.3 Å². The van der Waals surface area contributed by atoms with E-state index < -0.39 is 0 Å². The number of aromatic nitrogens is 1. The Bertz CT molecular complexity index is 1320. The number of nitrogens with one attached hydrogen (secondary N) is 1. The maximum absolute atomic E-state index is 13.2. The molecule has 33 heavy (non-hydrogen) atoms. The molecule has 1 aromatic heterocycles. The third-order valence-corrected chi connectivity index (χ3v) is 5.71. The number of thiazole rings is 1. The molecule has 0 aliphatic carbocycles. The van der Waals surface area contributed by atoms with E-state index in [9.17, 15) is 9.90 Å². The van der Waals surface area contributed by atoms with Crippen molar-refractivity contribution in [2.24, 2.45) is 15.3 Å². The summed E-state index contributed by atoms with van der Waals surface area (Å²) in [7, 11) is 0. The van der Waals surface area contributed by atoms with Crippen molar-refractivity contribution in [3.8, 4) is 5.88 Å². The van der Waals surface area contributed by atoms with E-state index in [1.54, 1.807) is 72.8 Å². The first-order valence-electron chi connectivity index (χ1n) is 9.56. The van der Waals surface area contributed by atoms with E-state index in [-0.39, 0.29) is 27.4 Å². The summed E-state index contributed by atoms with van der Waals surface area (Å²) in [5.74, 6) is -0.722. The largest absolute Gasteiger partial charge is 0.491 e. The molecule has 164 valence electrons. The minimum absolute atomic E-state index is 0.0180. The first-order valence-corrected chi connectivity index (χ1v) is 11.1. The van der Waals surface area contributed by atoms with Gasteiger partial charge in [0.05, 0.1) is 11.4 Å². The van der Waals surface area contributed by atoms with Gasteiger partial charge in [-0.15, -0.1) is 10.2 Å². The minimum Gasteiger partial charge on any atom is -0.491 e. The maximum atomic E-state index is 13.2. The number of Topliss-reactive ketones (excluding diaryl/α,β-unsaturated/α-hetero) is 1. The first kappa shape index (κ1) is 22.6. The molecule has 10 heteroatoms. The standard InChI is InChI=1S/C23H15Cl2N5O2S/c24-15-6-10-17(11-7-15)27-29-19(20(31)14-4-2-1-3-5-14)22-26-21(32)23(33-22)30-28-18-12-8-16(25)9-13-18/h1-13,27,32H/b29-19+,30-28?. The fraction of sp³-hybridized carbons (Fsp3) is 0. The van der Waals surface area contributed by atoms with Crippen molar-refractivity contribution in [2.75, 3.05) is 5.43 Å². The van der Waals surface area contributed by atoms with Crippen LogP contribution in [0.15, 0.2) is 94.2 Å². The summed E-state index contributed by atoms with van der Waals surface area (Å²) in [6.07, 6.45) is 0. The van der Waals surface area contributed by atoms with Gasteiger partial charge >= 0.3 is 0 Å². The second kappa shape index (κ2) is 10.4. The Balaban J connectivity index is 1.67. The Morgan fingerprint density at radius 2 is 1.52 bits per heavy atom. The maximum Gasteiger partial charge on any atom is 0.251 e. The number of carbonyl (C=O) groups excluding carboxylic acids is 1. The number of halogens is 2. The zero-order chi connectivity index (χ0) is 23.2. The molecule has 0 spiro atoms. The lowest BCUT2D eigenvalue weighted by Gasteiger charge is -2.05. The monoisotopic (exact) mass is 495 g/mol. The zero-order valence-electron chi connectivity index (χ0n) is 16.8. The molecule has 0 fully saturated rings. The molecule has 0 amide bonds. The van der Waals surface area contributed by atoms with Crippen LogP contribution in [0.2, 0.25) is 10.0 Å². The summed E-state index contributed by atoms with van der Waals surface area (Å²) in [6, 6.07) is 22.2. The number of ketones is 1. The van der Waals surface area contributed by atoms with E-state index in [1.165, 1.54) is 0 Å². The van der Waals surface area contributed by atoms with Gasteiger partial charge in [0.25, 0.3) is 5.88 Å². The van der Waals surface area contributed by atoms with Crippen LogP contribution in [-0.4, -0.2) is 21.6 Å². The SMILES string of the molecule is O=C(/C(=N\Nc1ccc(Cl)cc1)c1nc(O)c(N=Nc2ccc(Cl)cc2)s1)c1ccccc1. The predicted octanol–water partition coefficient (Wildman–Crippen LogP) is 7.27. The summed E-state index contributed by atoms with van der Waals surface area (Å²) in [4.78, 5) is 17.3. The number of aromatic hydroxyl groups is 1. The summed E-state index contributed by atoms with van der Waals surface area (Å²) in [6.45, 7) is 0. The van der Waals surface area contributed by atoms with Crippen molar-refractivity contribution in [3.05, 3.63) is 99.5 Å². The molecule has 1 heterocycles. The number of hydrogen-bond donors (Lipinski definition) is 2. The Kier molecular flexibility index (Phi) is 7.09. The molecule has 0 radical (unpaired) electrons. The number of hydrogen-bond acceptors (Lipinski definition) is 8. The molecule has 0 unspecified atom stereocenters. The molecule has 0 bridgehead atoms. The quantitative estimate of drug-likeness (QED) is 0.122. The van der Waals surface area contributed by atoms with Crippen molar-refractivity contribution >= 4 is 62.4 Å². The Labute approximate surface area is 203 Å². The second-order valence-electron chi connectivity index (χ2n) is 6.60. The Hall–Kier alpha value is -3.59. The van der Waals surface area contributed by atoms with Gasteiger partial charge in [0.1, 0.15) is 0 Å². The van der Waals surface area contributed by atoms with Crippen LogP contribution in [0.5, 0.6) is 5.88 Å². The molecule has 2 N–H and O–H groups in total. The van der Waals surface area contributed by atoms with E-state index in [2.05, 4.69) is 25.7 Å². The van der Waals surface area contributed by atoms with Crippen molar-refractivity contribution in [3.63, 3.8) is 0 Å². The van der Waals surface area contributed by atoms with Crippen molar-refractivity contribution in [1.29, 1.82) is 0 Å². The highest BCUT2D eigenvalue weighted by Gasteiger charge is 2.23. The summed E-state index contributed by atoms with van der Waals surface area (Å²) in [5.41, 5.74) is 4.46. The lowest BCUT2D eigenvalue weighted by atomic mass is 10.1. The van der Waals surface area contributed by atoms with Gasteiger partial charge in [-0.3, -0.25) is 10.2 Å². The Morgan fingerprint density at radius 1 is 0.879 bits per heavy atom. The fourth-order valence-corrected chi connectivity index (χ4v) is 3.67. The van der Waals surface area contributed by atoms with Gasteiger partial charge in [0.2, 0.25) is 10.8 Å². The average Bonchev–Trinajstić information content (AvgIpc) is 3.20. The summed E-state index contributed by atoms with van der Waals surface area (Å²) in [5, 5.41) is 24.2. The van der Waals surface area contributed by atoms with Gasteiger partial charge in [-0.25, -0.2) is 0 Å². The third-order valence-electron chi connectivity index (χ3n) is 4.27. The van der Waals surface area contributed by atoms with Crippen LogP contribution in [0.1, 0.15) is 15.4 Å². The molecule has 4 aromatic rings. The Morgan fingerprint density at radius 3 is 2.18 bits per heavy atom. The lowest BCUT2D eigenvalue weighted by molar-refractivity contribution is 0.106. The normalized spacial score (nSPS) is 11.6. The summed E-state index contributed by atoms with van der Waals surface area (Å²) < 4.78 is 0. The van der Waals surface area contributed by atoms with Crippen LogP contribution in [-0.2, 0) is 0 Å². The molecule has 0 atom stereocenters.